The van der Waals surface area contributed by atoms with Gasteiger partial charge in [0.15, 0.2) is 5.11 Å². The summed E-state index contributed by atoms with van der Waals surface area (Å²) in [5, 5.41) is 2.63. The van der Waals surface area contributed by atoms with E-state index in [1.807, 2.05) is 43.5 Å². The number of aromatic nitrogens is 2. The first-order valence-electron chi connectivity index (χ1n) is 7.76. The molecule has 0 unspecified atom stereocenters. The molecule has 0 aromatic carbocycles. The van der Waals surface area contributed by atoms with Gasteiger partial charge in [0.05, 0.1) is 0 Å². The summed E-state index contributed by atoms with van der Waals surface area (Å²) < 4.78 is 2.00. The molecule has 2 aromatic rings. The first kappa shape index (κ1) is 17.0. The van der Waals surface area contributed by atoms with Crippen molar-refractivity contribution in [1.82, 2.24) is 19.8 Å². The number of carbonyl (C=O) groups excluding carboxylic acids is 2. The van der Waals surface area contributed by atoms with E-state index in [0.717, 1.165) is 28.3 Å². The standard InChI is InChI=1S/C18H18N4O2S/c1-10-5-6-19-15(7-10)22-11(2)8-13(12(22)3)9-14-16(23)20-18(25)21(4)17(14)24/h5-9H,1-4H3,(H,20,23,25)/b14-9-. The number of amides is 2. The number of aryl methyl sites for hydroxylation is 2. The number of hydrogen-bond donors (Lipinski definition) is 1. The van der Waals surface area contributed by atoms with Crippen LogP contribution in [-0.4, -0.2) is 38.4 Å². The number of carbonyl (C=O) groups is 2. The van der Waals surface area contributed by atoms with E-state index in [0.29, 0.717) is 0 Å². The molecule has 0 spiro atoms. The molecule has 0 atom stereocenters. The molecule has 2 aromatic heterocycles. The maximum absolute atomic E-state index is 12.4. The van der Waals surface area contributed by atoms with Crippen molar-refractivity contribution >= 4 is 35.2 Å². The van der Waals surface area contributed by atoms with Crippen molar-refractivity contribution in [3.05, 3.63) is 52.5 Å². The third kappa shape index (κ3) is 2.98. The van der Waals surface area contributed by atoms with Gasteiger partial charge >= 0.3 is 0 Å². The average Bonchev–Trinajstić information content (AvgIpc) is 2.83. The van der Waals surface area contributed by atoms with Crippen LogP contribution < -0.4 is 5.32 Å². The predicted molar refractivity (Wildman–Crippen MR) is 99.3 cm³/mol. The predicted octanol–water partition coefficient (Wildman–Crippen LogP) is 2.05. The van der Waals surface area contributed by atoms with Gasteiger partial charge in [0.1, 0.15) is 11.4 Å². The summed E-state index contributed by atoms with van der Waals surface area (Å²) >= 11 is 4.96. The Kier molecular flexibility index (Phi) is 4.26. The van der Waals surface area contributed by atoms with E-state index in [-0.39, 0.29) is 10.7 Å². The highest BCUT2D eigenvalue weighted by Crippen LogP contribution is 2.23. The summed E-state index contributed by atoms with van der Waals surface area (Å²) in [7, 11) is 1.54. The average molecular weight is 354 g/mol. The van der Waals surface area contributed by atoms with Crippen LogP contribution in [0.3, 0.4) is 0 Å². The second-order valence-electron chi connectivity index (χ2n) is 6.03. The van der Waals surface area contributed by atoms with Crippen LogP contribution in [0.25, 0.3) is 11.9 Å². The minimum Gasteiger partial charge on any atom is -0.303 e. The summed E-state index contributed by atoms with van der Waals surface area (Å²) in [6, 6.07) is 5.85. The zero-order chi connectivity index (χ0) is 18.3. The molecule has 0 saturated carbocycles. The van der Waals surface area contributed by atoms with Crippen molar-refractivity contribution in [1.29, 1.82) is 0 Å². The van der Waals surface area contributed by atoms with Crippen molar-refractivity contribution < 1.29 is 9.59 Å². The minimum absolute atomic E-state index is 0.0635. The zero-order valence-electron chi connectivity index (χ0n) is 14.5. The van der Waals surface area contributed by atoms with Gasteiger partial charge in [0.25, 0.3) is 11.8 Å². The summed E-state index contributed by atoms with van der Waals surface area (Å²) in [5.41, 5.74) is 3.83. The van der Waals surface area contributed by atoms with E-state index in [1.54, 1.807) is 12.3 Å². The highest BCUT2D eigenvalue weighted by molar-refractivity contribution is 7.80. The quantitative estimate of drug-likeness (QED) is 0.509. The van der Waals surface area contributed by atoms with Gasteiger partial charge in [-0.2, -0.15) is 0 Å². The van der Waals surface area contributed by atoms with Crippen LogP contribution in [-0.2, 0) is 9.59 Å². The molecule has 1 N–H and O–H groups in total. The van der Waals surface area contributed by atoms with Gasteiger partial charge in [-0.1, -0.05) is 0 Å². The van der Waals surface area contributed by atoms with Gasteiger partial charge in [-0.25, -0.2) is 4.98 Å². The number of nitrogens with one attached hydrogen (secondary N) is 1. The third-order valence-corrected chi connectivity index (χ3v) is 4.58. The SMILES string of the molecule is Cc1ccnc(-n2c(C)cc(/C=C3/C(=O)NC(=S)N(C)C3=O)c2C)c1. The Bertz CT molecular complexity index is 943. The normalized spacial score (nSPS) is 16.6. The summed E-state index contributed by atoms with van der Waals surface area (Å²) in [4.78, 5) is 30.2. The van der Waals surface area contributed by atoms with E-state index >= 15 is 0 Å². The molecular formula is C18H18N4O2S. The lowest BCUT2D eigenvalue weighted by Gasteiger charge is -2.25. The number of likely N-dealkylation sites (N-methyl/N-ethyl adjacent to an activating group) is 1. The molecule has 3 heterocycles. The number of rotatable bonds is 2. The van der Waals surface area contributed by atoms with Crippen molar-refractivity contribution in [2.45, 2.75) is 20.8 Å². The Morgan fingerprint density at radius 3 is 2.60 bits per heavy atom. The second kappa shape index (κ2) is 6.25. The van der Waals surface area contributed by atoms with Crippen LogP contribution in [0.4, 0.5) is 0 Å². The van der Waals surface area contributed by atoms with Gasteiger partial charge < -0.3 is 4.57 Å². The Morgan fingerprint density at radius 2 is 1.92 bits per heavy atom. The number of nitrogens with zero attached hydrogens (tertiary/aromatic N) is 3. The first-order chi connectivity index (χ1) is 11.8. The minimum atomic E-state index is -0.480. The number of pyridine rings is 1. The highest BCUT2D eigenvalue weighted by atomic mass is 32.1. The second-order valence-corrected chi connectivity index (χ2v) is 6.42. The van der Waals surface area contributed by atoms with Crippen molar-refractivity contribution in [2.24, 2.45) is 0 Å². The van der Waals surface area contributed by atoms with E-state index in [1.165, 1.54) is 11.9 Å². The van der Waals surface area contributed by atoms with Gasteiger partial charge in [0.2, 0.25) is 0 Å². The molecule has 0 bridgehead atoms. The molecule has 0 aliphatic carbocycles. The van der Waals surface area contributed by atoms with Gasteiger partial charge in [-0.05, 0) is 68.4 Å². The monoisotopic (exact) mass is 354 g/mol. The smallest absolute Gasteiger partial charge is 0.265 e. The molecule has 3 rings (SSSR count). The fourth-order valence-electron chi connectivity index (χ4n) is 2.83. The Hall–Kier alpha value is -2.80. The Labute approximate surface area is 151 Å². The molecule has 1 fully saturated rings. The molecule has 7 heteroatoms. The fourth-order valence-corrected chi connectivity index (χ4v) is 3.01. The highest BCUT2D eigenvalue weighted by Gasteiger charge is 2.31. The summed E-state index contributed by atoms with van der Waals surface area (Å²) in [5.74, 6) is -0.0869. The van der Waals surface area contributed by atoms with E-state index in [4.69, 9.17) is 12.2 Å². The Morgan fingerprint density at radius 1 is 1.20 bits per heavy atom. The third-order valence-electron chi connectivity index (χ3n) is 4.20. The maximum Gasteiger partial charge on any atom is 0.265 e. The summed E-state index contributed by atoms with van der Waals surface area (Å²) in [6.07, 6.45) is 3.36. The molecule has 2 amide bonds. The lowest BCUT2D eigenvalue weighted by Crippen LogP contribution is -2.52. The molecule has 1 aliphatic heterocycles. The van der Waals surface area contributed by atoms with Crippen LogP contribution in [0.1, 0.15) is 22.5 Å². The molecule has 25 heavy (non-hydrogen) atoms. The zero-order valence-corrected chi connectivity index (χ0v) is 15.3. The molecule has 128 valence electrons. The van der Waals surface area contributed by atoms with E-state index < -0.39 is 11.8 Å². The molecular weight excluding hydrogens is 336 g/mol. The first-order valence-corrected chi connectivity index (χ1v) is 8.17. The summed E-state index contributed by atoms with van der Waals surface area (Å²) in [6.45, 7) is 5.90. The van der Waals surface area contributed by atoms with Crippen molar-refractivity contribution in [2.75, 3.05) is 7.05 Å². The van der Waals surface area contributed by atoms with Crippen LogP contribution in [0.2, 0.25) is 0 Å². The lowest BCUT2D eigenvalue weighted by molar-refractivity contribution is -0.128. The molecule has 0 radical (unpaired) electrons. The van der Waals surface area contributed by atoms with Gasteiger partial charge in [-0.15, -0.1) is 0 Å². The van der Waals surface area contributed by atoms with Crippen molar-refractivity contribution in [3.63, 3.8) is 0 Å². The maximum atomic E-state index is 12.4. The van der Waals surface area contributed by atoms with Gasteiger partial charge in [-0.3, -0.25) is 19.8 Å². The molecule has 1 aliphatic rings. The fraction of sp³-hybridized carbons (Fsp3) is 0.222. The largest absolute Gasteiger partial charge is 0.303 e. The molecule has 6 nitrogen and oxygen atoms in total. The molecule has 1 saturated heterocycles. The Balaban J connectivity index is 2.08. The van der Waals surface area contributed by atoms with Crippen molar-refractivity contribution in [3.8, 4) is 5.82 Å². The van der Waals surface area contributed by atoms with E-state index in [9.17, 15) is 9.59 Å². The lowest BCUT2D eigenvalue weighted by atomic mass is 10.1. The van der Waals surface area contributed by atoms with Crippen LogP contribution in [0.15, 0.2) is 30.0 Å². The van der Waals surface area contributed by atoms with E-state index in [2.05, 4.69) is 10.3 Å². The van der Waals surface area contributed by atoms with Crippen LogP contribution in [0.5, 0.6) is 0 Å². The number of hydrogen-bond acceptors (Lipinski definition) is 4. The number of thiocarbonyl (C=S) groups is 1. The van der Waals surface area contributed by atoms with Crippen LogP contribution >= 0.6 is 12.2 Å². The topological polar surface area (TPSA) is 67.2 Å². The van der Waals surface area contributed by atoms with Crippen LogP contribution in [0, 0.1) is 20.8 Å². The van der Waals surface area contributed by atoms with Gasteiger partial charge in [0, 0.05) is 24.6 Å².